The highest BCUT2D eigenvalue weighted by atomic mass is 16.5. The number of carbonyl (C=O) groups is 1. The molecule has 0 radical (unpaired) electrons. The van der Waals surface area contributed by atoms with Gasteiger partial charge in [0.15, 0.2) is 5.76 Å². The number of oxazole rings is 1. The van der Waals surface area contributed by atoms with E-state index in [-0.39, 0.29) is 11.8 Å². The van der Waals surface area contributed by atoms with Crippen LogP contribution in [-0.2, 0) is 4.74 Å². The van der Waals surface area contributed by atoms with Gasteiger partial charge in [-0.25, -0.2) is 4.98 Å². The highest BCUT2D eigenvalue weighted by Gasteiger charge is 2.23. The molecule has 0 bridgehead atoms. The molecule has 1 aliphatic rings. The first-order valence-corrected chi connectivity index (χ1v) is 6.64. The zero-order valence-electron chi connectivity index (χ0n) is 11.3. The average molecular weight is 272 g/mol. The van der Waals surface area contributed by atoms with Crippen molar-refractivity contribution in [2.75, 3.05) is 26.3 Å². The summed E-state index contributed by atoms with van der Waals surface area (Å²) in [7, 11) is 0. The van der Waals surface area contributed by atoms with Gasteiger partial charge >= 0.3 is 5.91 Å². The van der Waals surface area contributed by atoms with E-state index in [0.717, 1.165) is 5.56 Å². The van der Waals surface area contributed by atoms with E-state index >= 15 is 0 Å². The molecule has 1 saturated heterocycles. The first-order valence-electron chi connectivity index (χ1n) is 6.64. The molecule has 20 heavy (non-hydrogen) atoms. The maximum absolute atomic E-state index is 12.2. The van der Waals surface area contributed by atoms with Crippen molar-refractivity contribution < 1.29 is 13.9 Å². The first-order chi connectivity index (χ1) is 9.74. The summed E-state index contributed by atoms with van der Waals surface area (Å²) in [6.07, 6.45) is 1.60. The van der Waals surface area contributed by atoms with E-state index in [1.54, 1.807) is 11.1 Å². The van der Waals surface area contributed by atoms with E-state index in [9.17, 15) is 4.79 Å². The molecule has 0 saturated carbocycles. The summed E-state index contributed by atoms with van der Waals surface area (Å²) < 4.78 is 10.8. The normalized spacial score (nSPS) is 15.3. The van der Waals surface area contributed by atoms with Gasteiger partial charge in [-0.3, -0.25) is 4.79 Å². The minimum Gasteiger partial charge on any atom is -0.432 e. The number of nitrogens with zero attached hydrogens (tertiary/aromatic N) is 2. The fraction of sp³-hybridized carbons (Fsp3) is 0.333. The maximum atomic E-state index is 12.2. The maximum Gasteiger partial charge on any atom is 0.309 e. The summed E-state index contributed by atoms with van der Waals surface area (Å²) in [4.78, 5) is 18.0. The number of ether oxygens (including phenoxy) is 1. The van der Waals surface area contributed by atoms with Crippen LogP contribution in [0, 0.1) is 6.92 Å². The molecule has 1 amide bonds. The molecular weight excluding hydrogens is 256 g/mol. The van der Waals surface area contributed by atoms with Crippen LogP contribution in [0.2, 0.25) is 0 Å². The molecular formula is C15H16N2O3. The summed E-state index contributed by atoms with van der Waals surface area (Å²) in [6.45, 7) is 4.33. The number of hydrogen-bond acceptors (Lipinski definition) is 4. The van der Waals surface area contributed by atoms with Gasteiger partial charge < -0.3 is 14.1 Å². The number of aryl methyl sites for hydroxylation is 1. The SMILES string of the molecule is Cc1ccc(-c2cnc(C(=O)N3CCOCC3)o2)cc1. The van der Waals surface area contributed by atoms with Gasteiger partial charge in [0.05, 0.1) is 19.4 Å². The van der Waals surface area contributed by atoms with E-state index in [0.29, 0.717) is 32.1 Å². The molecule has 0 aliphatic carbocycles. The number of hydrogen-bond donors (Lipinski definition) is 0. The second-order valence-electron chi connectivity index (χ2n) is 4.80. The van der Waals surface area contributed by atoms with E-state index in [1.165, 1.54) is 5.56 Å². The Morgan fingerprint density at radius 1 is 1.20 bits per heavy atom. The molecule has 1 fully saturated rings. The zero-order valence-corrected chi connectivity index (χ0v) is 11.3. The summed E-state index contributed by atoms with van der Waals surface area (Å²) in [6, 6.07) is 7.92. The van der Waals surface area contributed by atoms with Gasteiger partial charge in [0, 0.05) is 18.7 Å². The van der Waals surface area contributed by atoms with E-state index in [2.05, 4.69) is 4.98 Å². The lowest BCUT2D eigenvalue weighted by atomic mass is 10.1. The van der Waals surface area contributed by atoms with Crippen LogP contribution in [0.25, 0.3) is 11.3 Å². The minimum absolute atomic E-state index is 0.141. The van der Waals surface area contributed by atoms with Crippen LogP contribution in [0.15, 0.2) is 34.9 Å². The first kappa shape index (κ1) is 12.9. The smallest absolute Gasteiger partial charge is 0.309 e. The predicted octanol–water partition coefficient (Wildman–Crippen LogP) is 2.12. The molecule has 2 aromatic rings. The summed E-state index contributed by atoms with van der Waals surface area (Å²) in [5, 5.41) is 0. The molecule has 1 aromatic heterocycles. The number of carbonyl (C=O) groups excluding carboxylic acids is 1. The van der Waals surface area contributed by atoms with Crippen molar-refractivity contribution in [3.63, 3.8) is 0 Å². The molecule has 2 heterocycles. The standard InChI is InChI=1S/C15H16N2O3/c1-11-2-4-12(5-3-11)13-10-16-14(20-13)15(18)17-6-8-19-9-7-17/h2-5,10H,6-9H2,1H3. The van der Waals surface area contributed by atoms with Crippen LogP contribution in [0.1, 0.15) is 16.2 Å². The van der Waals surface area contributed by atoms with Crippen LogP contribution in [0.3, 0.4) is 0 Å². The summed E-state index contributed by atoms with van der Waals surface area (Å²) in [5.74, 6) is 0.579. The number of amides is 1. The fourth-order valence-corrected chi connectivity index (χ4v) is 2.13. The van der Waals surface area contributed by atoms with Crippen LogP contribution in [0.5, 0.6) is 0 Å². The largest absolute Gasteiger partial charge is 0.432 e. The minimum atomic E-state index is -0.174. The number of morpholine rings is 1. The topological polar surface area (TPSA) is 55.6 Å². The molecule has 5 heteroatoms. The predicted molar refractivity (Wildman–Crippen MR) is 73.4 cm³/mol. The van der Waals surface area contributed by atoms with E-state index in [1.807, 2.05) is 31.2 Å². The second-order valence-corrected chi connectivity index (χ2v) is 4.80. The molecule has 1 aliphatic heterocycles. The summed E-state index contributed by atoms with van der Waals surface area (Å²) in [5.41, 5.74) is 2.10. The van der Waals surface area contributed by atoms with Crippen LogP contribution in [0.4, 0.5) is 0 Å². The molecule has 5 nitrogen and oxygen atoms in total. The van der Waals surface area contributed by atoms with Gasteiger partial charge in [-0.1, -0.05) is 29.8 Å². The Balaban J connectivity index is 1.79. The number of benzene rings is 1. The van der Waals surface area contributed by atoms with Gasteiger partial charge in [0.2, 0.25) is 0 Å². The Morgan fingerprint density at radius 2 is 1.90 bits per heavy atom. The van der Waals surface area contributed by atoms with Crippen LogP contribution in [-0.4, -0.2) is 42.1 Å². The second kappa shape index (κ2) is 5.46. The fourth-order valence-electron chi connectivity index (χ4n) is 2.13. The molecule has 0 unspecified atom stereocenters. The van der Waals surface area contributed by atoms with Gasteiger partial charge in [0.1, 0.15) is 0 Å². The molecule has 0 atom stereocenters. The Labute approximate surface area is 117 Å². The number of rotatable bonds is 2. The Morgan fingerprint density at radius 3 is 2.60 bits per heavy atom. The third-order valence-corrected chi connectivity index (χ3v) is 3.32. The Bertz CT molecular complexity index is 598. The zero-order chi connectivity index (χ0) is 13.9. The Hall–Kier alpha value is -2.14. The molecule has 0 spiro atoms. The van der Waals surface area contributed by atoms with Crippen LogP contribution < -0.4 is 0 Å². The van der Waals surface area contributed by atoms with Gasteiger partial charge in [-0.05, 0) is 6.92 Å². The van der Waals surface area contributed by atoms with E-state index < -0.39 is 0 Å². The van der Waals surface area contributed by atoms with Gasteiger partial charge in [0.25, 0.3) is 5.89 Å². The highest BCUT2D eigenvalue weighted by Crippen LogP contribution is 2.21. The molecule has 104 valence electrons. The average Bonchev–Trinajstić information content (AvgIpc) is 2.98. The quantitative estimate of drug-likeness (QED) is 0.840. The Kier molecular flexibility index (Phi) is 3.52. The van der Waals surface area contributed by atoms with Crippen molar-refractivity contribution in [3.8, 4) is 11.3 Å². The third kappa shape index (κ3) is 2.58. The van der Waals surface area contributed by atoms with Crippen molar-refractivity contribution in [1.29, 1.82) is 0 Å². The van der Waals surface area contributed by atoms with Crippen molar-refractivity contribution >= 4 is 5.91 Å². The van der Waals surface area contributed by atoms with Crippen molar-refractivity contribution in [2.45, 2.75) is 6.92 Å². The lowest BCUT2D eigenvalue weighted by molar-refractivity contribution is 0.0278. The molecule has 3 rings (SSSR count). The van der Waals surface area contributed by atoms with Gasteiger partial charge in [-0.15, -0.1) is 0 Å². The lowest BCUT2D eigenvalue weighted by Gasteiger charge is -2.25. The van der Waals surface area contributed by atoms with Crippen LogP contribution >= 0.6 is 0 Å². The third-order valence-electron chi connectivity index (χ3n) is 3.32. The number of aromatic nitrogens is 1. The highest BCUT2D eigenvalue weighted by molar-refractivity contribution is 5.90. The van der Waals surface area contributed by atoms with Crippen molar-refractivity contribution in [3.05, 3.63) is 41.9 Å². The monoisotopic (exact) mass is 272 g/mol. The molecule has 0 N–H and O–H groups in total. The van der Waals surface area contributed by atoms with Gasteiger partial charge in [-0.2, -0.15) is 0 Å². The summed E-state index contributed by atoms with van der Waals surface area (Å²) >= 11 is 0. The lowest BCUT2D eigenvalue weighted by Crippen LogP contribution is -2.40. The molecule has 1 aromatic carbocycles. The van der Waals surface area contributed by atoms with Crippen molar-refractivity contribution in [2.24, 2.45) is 0 Å². The van der Waals surface area contributed by atoms with Crippen molar-refractivity contribution in [1.82, 2.24) is 9.88 Å². The van der Waals surface area contributed by atoms with E-state index in [4.69, 9.17) is 9.15 Å².